The predicted molar refractivity (Wildman–Crippen MR) is 110 cm³/mol. The van der Waals surface area contributed by atoms with Gasteiger partial charge in [-0.2, -0.15) is 0 Å². The second kappa shape index (κ2) is 8.98. The van der Waals surface area contributed by atoms with Gasteiger partial charge < -0.3 is 14.4 Å². The van der Waals surface area contributed by atoms with E-state index in [9.17, 15) is 4.79 Å². The van der Waals surface area contributed by atoms with E-state index >= 15 is 0 Å². The van der Waals surface area contributed by atoms with Gasteiger partial charge in [-0.3, -0.25) is 4.90 Å². The molecule has 0 spiro atoms. The molecule has 5 nitrogen and oxygen atoms in total. The van der Waals surface area contributed by atoms with Crippen LogP contribution in [0.15, 0.2) is 24.3 Å². The molecule has 0 radical (unpaired) electrons. The van der Waals surface area contributed by atoms with Crippen LogP contribution in [0, 0.1) is 5.92 Å². The van der Waals surface area contributed by atoms with Crippen molar-refractivity contribution in [2.24, 2.45) is 5.92 Å². The normalized spacial score (nSPS) is 17.7. The maximum atomic E-state index is 12.8. The Hall–Kier alpha value is -1.72. The molecule has 27 heavy (non-hydrogen) atoms. The smallest absolute Gasteiger partial charge is 0.414 e. The highest BCUT2D eigenvalue weighted by atomic mass is 35.5. The standard InChI is InChI=1S/C21H31ClN2O3/c1-15-7-8-19(24(14-15)20(25)27-21(2,3)4)16-11-17(22)13-18(12-16)26-10-9-23(5)6/h8,11-13,15H,7,9-10,14H2,1-6H3. The number of benzene rings is 1. The summed E-state index contributed by atoms with van der Waals surface area (Å²) >= 11 is 6.32. The van der Waals surface area contributed by atoms with Gasteiger partial charge in [0.2, 0.25) is 0 Å². The number of carbonyl (C=O) groups is 1. The Morgan fingerprint density at radius 1 is 1.30 bits per heavy atom. The first kappa shape index (κ1) is 21.6. The minimum Gasteiger partial charge on any atom is -0.492 e. The van der Waals surface area contributed by atoms with E-state index in [2.05, 4.69) is 17.9 Å². The van der Waals surface area contributed by atoms with Crippen LogP contribution in [-0.4, -0.2) is 55.3 Å². The van der Waals surface area contributed by atoms with Crippen molar-refractivity contribution in [1.82, 2.24) is 9.80 Å². The van der Waals surface area contributed by atoms with E-state index in [-0.39, 0.29) is 6.09 Å². The summed E-state index contributed by atoms with van der Waals surface area (Å²) in [5, 5.41) is 0.580. The molecule has 1 heterocycles. The van der Waals surface area contributed by atoms with Crippen molar-refractivity contribution in [3.05, 3.63) is 34.9 Å². The molecule has 6 heteroatoms. The molecule has 1 aromatic rings. The van der Waals surface area contributed by atoms with Crippen molar-refractivity contribution in [1.29, 1.82) is 0 Å². The average Bonchev–Trinajstić information content (AvgIpc) is 2.52. The quantitative estimate of drug-likeness (QED) is 0.712. The monoisotopic (exact) mass is 394 g/mol. The Labute approximate surface area is 167 Å². The Balaban J connectivity index is 2.27. The Bertz CT molecular complexity index is 695. The molecule has 1 amide bonds. The maximum absolute atomic E-state index is 12.8. The van der Waals surface area contributed by atoms with Gasteiger partial charge in [0, 0.05) is 23.7 Å². The molecule has 0 aromatic heterocycles. The van der Waals surface area contributed by atoms with Gasteiger partial charge in [-0.25, -0.2) is 4.79 Å². The number of ether oxygens (including phenoxy) is 2. The van der Waals surface area contributed by atoms with Crippen LogP contribution < -0.4 is 4.74 Å². The molecule has 2 rings (SSSR count). The lowest BCUT2D eigenvalue weighted by Gasteiger charge is -2.34. The molecular weight excluding hydrogens is 364 g/mol. The summed E-state index contributed by atoms with van der Waals surface area (Å²) in [4.78, 5) is 16.5. The summed E-state index contributed by atoms with van der Waals surface area (Å²) in [5.41, 5.74) is 1.14. The fraction of sp³-hybridized carbons (Fsp3) is 0.571. The largest absolute Gasteiger partial charge is 0.492 e. The molecule has 1 aliphatic heterocycles. The van der Waals surface area contributed by atoms with Crippen LogP contribution in [0.2, 0.25) is 5.02 Å². The number of hydrogen-bond acceptors (Lipinski definition) is 4. The molecule has 150 valence electrons. The lowest BCUT2D eigenvalue weighted by Crippen LogP contribution is -2.39. The second-order valence-corrected chi connectivity index (χ2v) is 8.78. The number of amides is 1. The summed E-state index contributed by atoms with van der Waals surface area (Å²) in [5.74, 6) is 1.07. The second-order valence-electron chi connectivity index (χ2n) is 8.35. The minimum atomic E-state index is -0.544. The van der Waals surface area contributed by atoms with Crippen molar-refractivity contribution in [3.8, 4) is 5.75 Å². The number of hydrogen-bond donors (Lipinski definition) is 0. The summed E-state index contributed by atoms with van der Waals surface area (Å²) < 4.78 is 11.4. The molecule has 1 aromatic carbocycles. The van der Waals surface area contributed by atoms with E-state index in [4.69, 9.17) is 21.1 Å². The van der Waals surface area contributed by atoms with Crippen molar-refractivity contribution < 1.29 is 14.3 Å². The van der Waals surface area contributed by atoms with Gasteiger partial charge >= 0.3 is 6.09 Å². The zero-order valence-electron chi connectivity index (χ0n) is 17.2. The van der Waals surface area contributed by atoms with Crippen molar-refractivity contribution in [2.75, 3.05) is 33.8 Å². The average molecular weight is 395 g/mol. The lowest BCUT2D eigenvalue weighted by atomic mass is 9.98. The summed E-state index contributed by atoms with van der Waals surface area (Å²) in [6.07, 6.45) is 2.64. The van der Waals surface area contributed by atoms with Gasteiger partial charge in [0.05, 0.1) is 5.70 Å². The summed E-state index contributed by atoms with van der Waals surface area (Å²) in [7, 11) is 4.00. The number of nitrogens with zero attached hydrogens (tertiary/aromatic N) is 2. The molecule has 0 fully saturated rings. The molecule has 0 bridgehead atoms. The van der Waals surface area contributed by atoms with Gasteiger partial charge in [-0.1, -0.05) is 24.6 Å². The highest BCUT2D eigenvalue weighted by Gasteiger charge is 2.29. The third-order valence-electron chi connectivity index (χ3n) is 4.09. The first-order chi connectivity index (χ1) is 12.5. The van der Waals surface area contributed by atoms with Crippen LogP contribution in [0.25, 0.3) is 5.70 Å². The van der Waals surface area contributed by atoms with Crippen LogP contribution in [-0.2, 0) is 4.74 Å². The van der Waals surface area contributed by atoms with Crippen molar-refractivity contribution >= 4 is 23.4 Å². The van der Waals surface area contributed by atoms with Crippen LogP contribution in [0.4, 0.5) is 4.79 Å². The predicted octanol–water partition coefficient (Wildman–Crippen LogP) is 4.90. The van der Waals surface area contributed by atoms with Crippen molar-refractivity contribution in [3.63, 3.8) is 0 Å². The van der Waals surface area contributed by atoms with Crippen molar-refractivity contribution in [2.45, 2.75) is 39.7 Å². The van der Waals surface area contributed by atoms with E-state index in [0.717, 1.165) is 24.2 Å². The van der Waals surface area contributed by atoms with E-state index in [0.29, 0.717) is 29.8 Å². The van der Waals surface area contributed by atoms with E-state index in [1.54, 1.807) is 11.0 Å². The topological polar surface area (TPSA) is 42.0 Å². The molecule has 0 saturated carbocycles. The molecule has 1 aliphatic rings. The Morgan fingerprint density at radius 3 is 2.63 bits per heavy atom. The fourth-order valence-corrected chi connectivity index (χ4v) is 3.04. The van der Waals surface area contributed by atoms with E-state index < -0.39 is 5.60 Å². The van der Waals surface area contributed by atoms with Gasteiger partial charge in [0.1, 0.15) is 18.0 Å². The van der Waals surface area contributed by atoms with Crippen LogP contribution in [0.5, 0.6) is 5.75 Å². The molecule has 0 saturated heterocycles. The van der Waals surface area contributed by atoms with Crippen LogP contribution >= 0.6 is 11.6 Å². The molecule has 1 atom stereocenters. The van der Waals surface area contributed by atoms with Gasteiger partial charge in [0.25, 0.3) is 0 Å². The zero-order chi connectivity index (χ0) is 20.2. The fourth-order valence-electron chi connectivity index (χ4n) is 2.81. The zero-order valence-corrected chi connectivity index (χ0v) is 18.0. The summed E-state index contributed by atoms with van der Waals surface area (Å²) in [6, 6.07) is 5.59. The number of halogens is 1. The van der Waals surface area contributed by atoms with Crippen LogP contribution in [0.1, 0.15) is 39.7 Å². The lowest BCUT2D eigenvalue weighted by molar-refractivity contribution is 0.0327. The maximum Gasteiger partial charge on any atom is 0.414 e. The highest BCUT2D eigenvalue weighted by Crippen LogP contribution is 2.33. The Morgan fingerprint density at radius 2 is 2.00 bits per heavy atom. The first-order valence-corrected chi connectivity index (χ1v) is 9.72. The van der Waals surface area contributed by atoms with E-state index in [1.165, 1.54) is 0 Å². The summed E-state index contributed by atoms with van der Waals surface area (Å²) in [6.45, 7) is 9.74. The first-order valence-electron chi connectivity index (χ1n) is 9.34. The van der Waals surface area contributed by atoms with Crippen LogP contribution in [0.3, 0.4) is 0 Å². The molecule has 1 unspecified atom stereocenters. The number of carbonyl (C=O) groups excluding carboxylic acids is 1. The third-order valence-corrected chi connectivity index (χ3v) is 4.31. The van der Waals surface area contributed by atoms with Gasteiger partial charge in [-0.15, -0.1) is 0 Å². The molecule has 0 N–H and O–H groups in total. The minimum absolute atomic E-state index is 0.338. The SMILES string of the molecule is CC1CC=C(c2cc(Cl)cc(OCCN(C)C)c2)N(C(=O)OC(C)(C)C)C1. The molecular formula is C21H31ClN2O3. The highest BCUT2D eigenvalue weighted by molar-refractivity contribution is 6.30. The number of allylic oxidation sites excluding steroid dienone is 1. The van der Waals surface area contributed by atoms with Gasteiger partial charge in [-0.05, 0) is 65.4 Å². The molecule has 0 aliphatic carbocycles. The third kappa shape index (κ3) is 6.74. The Kier molecular flexibility index (Phi) is 7.18. The number of rotatable bonds is 5. The van der Waals surface area contributed by atoms with E-state index in [1.807, 2.05) is 47.0 Å². The number of likely N-dealkylation sites (N-methyl/N-ethyl adjacent to an activating group) is 1. The van der Waals surface area contributed by atoms with Gasteiger partial charge in [0.15, 0.2) is 0 Å².